The highest BCUT2D eigenvalue weighted by atomic mass is 32.2. The molecule has 0 aromatic heterocycles. The maximum atomic E-state index is 14.8. The van der Waals surface area contributed by atoms with E-state index in [1.165, 1.54) is 11.8 Å². The van der Waals surface area contributed by atoms with Crippen LogP contribution in [0.3, 0.4) is 0 Å². The number of carboxylic acids is 1. The molecular formula is C31H36N2O5S. The van der Waals surface area contributed by atoms with Gasteiger partial charge in [-0.05, 0) is 55.4 Å². The number of carbonyl (C=O) groups excluding carboxylic acids is 2. The van der Waals surface area contributed by atoms with Crippen molar-refractivity contribution in [3.63, 3.8) is 0 Å². The van der Waals surface area contributed by atoms with Crippen LogP contribution in [-0.2, 0) is 20.8 Å². The van der Waals surface area contributed by atoms with Crippen molar-refractivity contribution in [2.75, 3.05) is 18.1 Å². The number of aliphatic hydroxyl groups excluding tert-OH is 1. The Morgan fingerprint density at radius 2 is 1.95 bits per heavy atom. The van der Waals surface area contributed by atoms with E-state index in [9.17, 15) is 24.6 Å². The predicted molar refractivity (Wildman–Crippen MR) is 153 cm³/mol. The summed E-state index contributed by atoms with van der Waals surface area (Å²) in [6.07, 6.45) is 2.67. The van der Waals surface area contributed by atoms with Crippen LogP contribution in [0, 0.1) is 31.6 Å². The zero-order valence-electron chi connectivity index (χ0n) is 22.6. The van der Waals surface area contributed by atoms with Crippen molar-refractivity contribution in [1.29, 1.82) is 0 Å². The number of benzene rings is 2. The van der Waals surface area contributed by atoms with Gasteiger partial charge in [0.15, 0.2) is 0 Å². The zero-order valence-corrected chi connectivity index (χ0v) is 23.4. The van der Waals surface area contributed by atoms with Gasteiger partial charge in [0, 0.05) is 17.5 Å². The number of rotatable bonds is 9. The van der Waals surface area contributed by atoms with Crippen molar-refractivity contribution < 1.29 is 24.6 Å². The summed E-state index contributed by atoms with van der Waals surface area (Å²) in [6.45, 7) is 9.76. The summed E-state index contributed by atoms with van der Waals surface area (Å²) >= 11 is 1.51. The SMILES string of the molecule is C=CCN(C(=O)C1N([C@@H](CO)Cc2ccccc2)C(=O)[C@@H]2[C@H](C(=O)O)[C@@H]3CC(C)C12S3)c1cc(C)ccc1C. The molecule has 2 bridgehead atoms. The summed E-state index contributed by atoms with van der Waals surface area (Å²) in [6, 6.07) is 13.9. The molecule has 3 fully saturated rings. The number of aliphatic carboxylic acids is 1. The lowest BCUT2D eigenvalue weighted by Gasteiger charge is -2.42. The number of carbonyl (C=O) groups is 3. The highest BCUT2D eigenvalue weighted by Crippen LogP contribution is 2.69. The first-order chi connectivity index (χ1) is 18.6. The normalized spacial score (nSPS) is 29.8. The van der Waals surface area contributed by atoms with Crippen LogP contribution >= 0.6 is 11.8 Å². The molecule has 0 aliphatic carbocycles. The Morgan fingerprint density at radius 1 is 1.23 bits per heavy atom. The van der Waals surface area contributed by atoms with Gasteiger partial charge in [-0.3, -0.25) is 14.4 Å². The number of aliphatic hydroxyl groups is 1. The molecule has 0 radical (unpaired) electrons. The second-order valence-corrected chi connectivity index (χ2v) is 12.7. The first-order valence-corrected chi connectivity index (χ1v) is 14.4. The van der Waals surface area contributed by atoms with Crippen LogP contribution in [0.2, 0.25) is 0 Å². The molecule has 206 valence electrons. The van der Waals surface area contributed by atoms with Gasteiger partial charge in [0.05, 0.1) is 29.2 Å². The van der Waals surface area contributed by atoms with Crippen LogP contribution in [0.5, 0.6) is 0 Å². The van der Waals surface area contributed by atoms with Crippen LogP contribution in [0.1, 0.15) is 30.0 Å². The fourth-order valence-electron chi connectivity index (χ4n) is 7.15. The van der Waals surface area contributed by atoms with Crippen LogP contribution in [0.25, 0.3) is 0 Å². The summed E-state index contributed by atoms with van der Waals surface area (Å²) < 4.78 is -0.886. The fourth-order valence-corrected chi connectivity index (χ4v) is 9.54. The van der Waals surface area contributed by atoms with E-state index in [4.69, 9.17) is 0 Å². The van der Waals surface area contributed by atoms with E-state index in [1.807, 2.05) is 69.3 Å². The molecule has 1 spiro atoms. The maximum absolute atomic E-state index is 14.8. The molecule has 2 aromatic rings. The summed E-state index contributed by atoms with van der Waals surface area (Å²) in [4.78, 5) is 44.9. The molecule has 0 saturated carbocycles. The van der Waals surface area contributed by atoms with Crippen molar-refractivity contribution in [2.45, 2.75) is 55.7 Å². The molecule has 7 atom stereocenters. The zero-order chi connectivity index (χ0) is 28.1. The van der Waals surface area contributed by atoms with Gasteiger partial charge in [0.25, 0.3) is 5.91 Å². The summed E-state index contributed by atoms with van der Waals surface area (Å²) in [5, 5.41) is 20.6. The number of carboxylic acid groups (broad SMARTS) is 1. The molecule has 3 aliphatic rings. The first kappa shape index (κ1) is 27.5. The van der Waals surface area contributed by atoms with E-state index in [0.29, 0.717) is 12.8 Å². The Labute approximate surface area is 233 Å². The predicted octanol–water partition coefficient (Wildman–Crippen LogP) is 3.85. The number of amides is 2. The van der Waals surface area contributed by atoms with Crippen LogP contribution in [0.15, 0.2) is 61.2 Å². The second kappa shape index (κ2) is 10.5. The molecule has 2 N–H and O–H groups in total. The van der Waals surface area contributed by atoms with Crippen molar-refractivity contribution in [3.05, 3.63) is 77.9 Å². The smallest absolute Gasteiger partial charge is 0.308 e. The molecule has 3 saturated heterocycles. The third kappa shape index (κ3) is 4.28. The number of anilines is 1. The molecule has 5 rings (SSSR count). The van der Waals surface area contributed by atoms with Crippen LogP contribution in [-0.4, -0.2) is 68.1 Å². The highest BCUT2D eigenvalue weighted by Gasteiger charge is 2.77. The van der Waals surface area contributed by atoms with E-state index in [-0.39, 0.29) is 36.1 Å². The number of thioether (sulfide) groups is 1. The third-order valence-corrected chi connectivity index (χ3v) is 10.9. The molecule has 3 heterocycles. The van der Waals surface area contributed by atoms with Gasteiger partial charge in [-0.25, -0.2) is 0 Å². The Kier molecular flexibility index (Phi) is 7.37. The first-order valence-electron chi connectivity index (χ1n) is 13.5. The van der Waals surface area contributed by atoms with Gasteiger partial charge in [0.2, 0.25) is 5.91 Å². The highest BCUT2D eigenvalue weighted by molar-refractivity contribution is 8.02. The minimum atomic E-state index is -0.992. The quantitative estimate of drug-likeness (QED) is 0.462. The number of likely N-dealkylation sites (tertiary alicyclic amines) is 1. The average Bonchev–Trinajstić information content (AvgIpc) is 3.51. The Balaban J connectivity index is 1.66. The Morgan fingerprint density at radius 3 is 2.59 bits per heavy atom. The van der Waals surface area contributed by atoms with Gasteiger partial charge in [-0.1, -0.05) is 55.5 Å². The lowest BCUT2D eigenvalue weighted by molar-refractivity contribution is -0.149. The number of aryl methyl sites for hydroxylation is 2. The molecule has 3 unspecified atom stereocenters. The van der Waals surface area contributed by atoms with Gasteiger partial charge in [-0.15, -0.1) is 18.3 Å². The monoisotopic (exact) mass is 548 g/mol. The molecule has 7 nitrogen and oxygen atoms in total. The number of nitrogens with zero attached hydrogens (tertiary/aromatic N) is 2. The van der Waals surface area contributed by atoms with E-state index >= 15 is 0 Å². The lowest BCUT2D eigenvalue weighted by Crippen LogP contribution is -2.59. The standard InChI is InChI=1S/C31H36N2O5S/c1-5-13-32(23-14-18(2)11-12-19(23)3)29(36)27-31-20(4)15-24(39-31)25(30(37)38)26(31)28(35)33(27)22(17-34)16-21-9-7-6-8-10-21/h5-12,14,20,22,24-27,34H,1,13,15-17H2,2-4H3,(H,37,38)/t20?,22-,24+,25-,26+,27?,31?/m1/s1. The fraction of sp³-hybridized carbons (Fsp3) is 0.452. The Hall–Kier alpha value is -3.10. The topological polar surface area (TPSA) is 98.2 Å². The molecular weight excluding hydrogens is 512 g/mol. The molecule has 3 aliphatic heterocycles. The van der Waals surface area contributed by atoms with Crippen molar-refractivity contribution in [3.8, 4) is 0 Å². The van der Waals surface area contributed by atoms with Gasteiger partial charge >= 0.3 is 5.97 Å². The molecule has 39 heavy (non-hydrogen) atoms. The van der Waals surface area contributed by atoms with Crippen LogP contribution in [0.4, 0.5) is 5.69 Å². The van der Waals surface area contributed by atoms with Gasteiger partial charge < -0.3 is 20.0 Å². The largest absolute Gasteiger partial charge is 0.481 e. The summed E-state index contributed by atoms with van der Waals surface area (Å²) in [7, 11) is 0. The maximum Gasteiger partial charge on any atom is 0.308 e. The summed E-state index contributed by atoms with van der Waals surface area (Å²) in [5.41, 5.74) is 3.60. The lowest BCUT2D eigenvalue weighted by atomic mass is 9.66. The van der Waals surface area contributed by atoms with E-state index in [0.717, 1.165) is 22.4 Å². The molecule has 8 heteroatoms. The molecule has 2 aromatic carbocycles. The second-order valence-electron chi connectivity index (χ2n) is 11.2. The number of hydrogen-bond donors (Lipinski definition) is 2. The van der Waals surface area contributed by atoms with Gasteiger partial charge in [0.1, 0.15) is 6.04 Å². The number of hydrogen-bond acceptors (Lipinski definition) is 5. The van der Waals surface area contributed by atoms with Gasteiger partial charge in [-0.2, -0.15) is 0 Å². The van der Waals surface area contributed by atoms with Crippen molar-refractivity contribution in [2.24, 2.45) is 17.8 Å². The summed E-state index contributed by atoms with van der Waals surface area (Å²) in [5.74, 6) is -3.31. The van der Waals surface area contributed by atoms with Crippen LogP contribution < -0.4 is 4.90 Å². The minimum Gasteiger partial charge on any atom is -0.481 e. The average molecular weight is 549 g/mol. The number of fused-ring (bicyclic) bond motifs is 1. The van der Waals surface area contributed by atoms with E-state index in [1.54, 1.807) is 15.9 Å². The van der Waals surface area contributed by atoms with E-state index in [2.05, 4.69) is 6.58 Å². The third-order valence-electron chi connectivity index (χ3n) is 8.85. The van der Waals surface area contributed by atoms with Crippen molar-refractivity contribution >= 4 is 35.2 Å². The van der Waals surface area contributed by atoms with E-state index < -0.39 is 34.6 Å². The minimum absolute atomic E-state index is 0.0451. The van der Waals surface area contributed by atoms with Crippen molar-refractivity contribution in [1.82, 2.24) is 4.90 Å². The molecule has 2 amide bonds. The Bertz CT molecular complexity index is 1300.